The van der Waals surface area contributed by atoms with E-state index in [2.05, 4.69) is 12.1 Å². The number of para-hydroxylation sites is 2. The van der Waals surface area contributed by atoms with Gasteiger partial charge >= 0.3 is 11.9 Å². The maximum absolute atomic E-state index is 13.3. The molecule has 0 heterocycles. The standard InChI is InChI=1S/C32H34O4/c33-31(35-29-21-11-9-17-25(29)23-13-3-1-4-14-23)27-19-7-8-20-28(27)32(34)36-30-22-12-10-18-26(30)24-15-5-2-6-16-24/h7-12,17-24H,1-6,13-16H2. The Bertz CT molecular complexity index is 1110. The second-order valence-electron chi connectivity index (χ2n) is 10.1. The number of carbonyl (C=O) groups excluding carboxylic acids is 2. The highest BCUT2D eigenvalue weighted by Crippen LogP contribution is 2.39. The fourth-order valence-corrected chi connectivity index (χ4v) is 5.80. The molecule has 0 unspecified atom stereocenters. The molecular weight excluding hydrogens is 448 g/mol. The van der Waals surface area contributed by atoms with Gasteiger partial charge in [-0.3, -0.25) is 0 Å². The molecule has 186 valence electrons. The third-order valence-corrected chi connectivity index (χ3v) is 7.70. The summed E-state index contributed by atoms with van der Waals surface area (Å²) in [6.45, 7) is 0. The van der Waals surface area contributed by atoms with Crippen LogP contribution in [-0.4, -0.2) is 11.9 Å². The van der Waals surface area contributed by atoms with Crippen LogP contribution < -0.4 is 9.47 Å². The number of ether oxygens (including phenoxy) is 2. The van der Waals surface area contributed by atoms with E-state index in [4.69, 9.17) is 9.47 Å². The van der Waals surface area contributed by atoms with Gasteiger partial charge in [-0.1, -0.05) is 87.1 Å². The van der Waals surface area contributed by atoms with Crippen molar-refractivity contribution >= 4 is 11.9 Å². The van der Waals surface area contributed by atoms with Crippen LogP contribution in [0.4, 0.5) is 0 Å². The Hall–Kier alpha value is -3.40. The maximum atomic E-state index is 13.3. The van der Waals surface area contributed by atoms with Crippen molar-refractivity contribution < 1.29 is 19.1 Å². The SMILES string of the molecule is O=C(Oc1ccccc1C1CCCCC1)c1ccccc1C(=O)Oc1ccccc1C1CCCCC1. The molecule has 0 atom stereocenters. The van der Waals surface area contributed by atoms with Gasteiger partial charge in [-0.25, -0.2) is 9.59 Å². The van der Waals surface area contributed by atoms with Gasteiger partial charge in [0.2, 0.25) is 0 Å². The summed E-state index contributed by atoms with van der Waals surface area (Å²) < 4.78 is 11.8. The molecule has 0 amide bonds. The van der Waals surface area contributed by atoms with Crippen molar-refractivity contribution in [1.82, 2.24) is 0 Å². The topological polar surface area (TPSA) is 52.6 Å². The molecule has 0 saturated heterocycles. The van der Waals surface area contributed by atoms with E-state index in [0.717, 1.165) is 36.8 Å². The van der Waals surface area contributed by atoms with Crippen LogP contribution in [0.5, 0.6) is 11.5 Å². The van der Waals surface area contributed by atoms with Crippen LogP contribution in [-0.2, 0) is 0 Å². The molecule has 4 nitrogen and oxygen atoms in total. The third kappa shape index (κ3) is 5.53. The molecular formula is C32H34O4. The highest BCUT2D eigenvalue weighted by Gasteiger charge is 2.25. The highest BCUT2D eigenvalue weighted by molar-refractivity contribution is 6.04. The predicted molar refractivity (Wildman–Crippen MR) is 141 cm³/mol. The second-order valence-corrected chi connectivity index (χ2v) is 10.1. The minimum atomic E-state index is -0.536. The van der Waals surface area contributed by atoms with E-state index in [0.29, 0.717) is 23.3 Å². The summed E-state index contributed by atoms with van der Waals surface area (Å²) in [5, 5.41) is 0. The third-order valence-electron chi connectivity index (χ3n) is 7.70. The van der Waals surface area contributed by atoms with E-state index in [1.807, 2.05) is 36.4 Å². The zero-order valence-electron chi connectivity index (χ0n) is 20.8. The number of carbonyl (C=O) groups is 2. The molecule has 2 aliphatic carbocycles. The van der Waals surface area contributed by atoms with Gasteiger partial charge in [-0.2, -0.15) is 0 Å². The highest BCUT2D eigenvalue weighted by atomic mass is 16.5. The molecule has 0 spiro atoms. The van der Waals surface area contributed by atoms with Gasteiger partial charge in [-0.05, 0) is 72.9 Å². The molecule has 3 aromatic rings. The first-order chi connectivity index (χ1) is 17.7. The lowest BCUT2D eigenvalue weighted by Crippen LogP contribution is -2.19. The summed E-state index contributed by atoms with van der Waals surface area (Å²) in [6, 6.07) is 22.3. The van der Waals surface area contributed by atoms with Crippen molar-refractivity contribution in [1.29, 1.82) is 0 Å². The van der Waals surface area contributed by atoms with Crippen molar-refractivity contribution in [3.8, 4) is 11.5 Å². The molecule has 0 aliphatic heterocycles. The zero-order chi connectivity index (χ0) is 24.7. The van der Waals surface area contributed by atoms with E-state index in [1.165, 1.54) is 38.5 Å². The Morgan fingerprint density at radius 2 is 0.861 bits per heavy atom. The minimum Gasteiger partial charge on any atom is -0.423 e. The van der Waals surface area contributed by atoms with Crippen molar-refractivity contribution in [2.24, 2.45) is 0 Å². The van der Waals surface area contributed by atoms with E-state index < -0.39 is 11.9 Å². The second kappa shape index (κ2) is 11.6. The van der Waals surface area contributed by atoms with Crippen molar-refractivity contribution in [2.75, 3.05) is 0 Å². The van der Waals surface area contributed by atoms with E-state index in [-0.39, 0.29) is 11.1 Å². The normalized spacial score (nSPS) is 16.9. The van der Waals surface area contributed by atoms with Gasteiger partial charge in [0.05, 0.1) is 11.1 Å². The first kappa shape index (κ1) is 24.3. The van der Waals surface area contributed by atoms with Crippen LogP contribution in [0.15, 0.2) is 72.8 Å². The number of esters is 2. The molecule has 0 radical (unpaired) electrons. The Kier molecular flexibility index (Phi) is 7.80. The molecule has 4 heteroatoms. The summed E-state index contributed by atoms with van der Waals surface area (Å²) >= 11 is 0. The first-order valence-electron chi connectivity index (χ1n) is 13.4. The molecule has 0 bridgehead atoms. The lowest BCUT2D eigenvalue weighted by Gasteiger charge is -2.24. The Morgan fingerprint density at radius 1 is 0.500 bits per heavy atom. The van der Waals surface area contributed by atoms with Gasteiger partial charge in [0.15, 0.2) is 0 Å². The van der Waals surface area contributed by atoms with Gasteiger partial charge < -0.3 is 9.47 Å². The van der Waals surface area contributed by atoms with Crippen LogP contribution >= 0.6 is 0 Å². The lowest BCUT2D eigenvalue weighted by atomic mass is 9.84. The van der Waals surface area contributed by atoms with Crippen LogP contribution in [0, 0.1) is 0 Å². The van der Waals surface area contributed by atoms with Crippen molar-refractivity contribution in [3.63, 3.8) is 0 Å². The summed E-state index contributed by atoms with van der Waals surface area (Å²) in [6.07, 6.45) is 11.8. The quantitative estimate of drug-likeness (QED) is 0.262. The van der Waals surface area contributed by atoms with Gasteiger partial charge in [0.25, 0.3) is 0 Å². The number of benzene rings is 3. The number of hydrogen-bond acceptors (Lipinski definition) is 4. The first-order valence-corrected chi connectivity index (χ1v) is 13.4. The average molecular weight is 483 g/mol. The van der Waals surface area contributed by atoms with Crippen molar-refractivity contribution in [2.45, 2.75) is 76.0 Å². The Balaban J connectivity index is 1.36. The molecule has 5 rings (SSSR count). The largest absolute Gasteiger partial charge is 0.423 e. The minimum absolute atomic E-state index is 0.219. The van der Waals surface area contributed by atoms with Crippen molar-refractivity contribution in [3.05, 3.63) is 95.1 Å². The lowest BCUT2D eigenvalue weighted by molar-refractivity contribution is 0.0689. The molecule has 2 saturated carbocycles. The number of rotatable bonds is 6. The molecule has 2 aliphatic rings. The molecule has 0 aromatic heterocycles. The fraction of sp³-hybridized carbons (Fsp3) is 0.375. The number of hydrogen-bond donors (Lipinski definition) is 0. The Labute approximate surface area is 213 Å². The monoisotopic (exact) mass is 482 g/mol. The molecule has 36 heavy (non-hydrogen) atoms. The van der Waals surface area contributed by atoms with Crippen LogP contribution in [0.3, 0.4) is 0 Å². The van der Waals surface area contributed by atoms with Gasteiger partial charge in [0.1, 0.15) is 11.5 Å². The summed E-state index contributed by atoms with van der Waals surface area (Å²) in [5.41, 5.74) is 2.59. The molecule has 3 aromatic carbocycles. The molecule has 2 fully saturated rings. The van der Waals surface area contributed by atoms with Crippen LogP contribution in [0.2, 0.25) is 0 Å². The zero-order valence-corrected chi connectivity index (χ0v) is 20.8. The summed E-state index contributed by atoms with van der Waals surface area (Å²) in [5.74, 6) is 0.900. The van der Waals surface area contributed by atoms with Gasteiger partial charge in [-0.15, -0.1) is 0 Å². The van der Waals surface area contributed by atoms with Gasteiger partial charge in [0, 0.05) is 0 Å². The summed E-state index contributed by atoms with van der Waals surface area (Å²) in [4.78, 5) is 26.6. The van der Waals surface area contributed by atoms with E-state index in [9.17, 15) is 9.59 Å². The summed E-state index contributed by atoms with van der Waals surface area (Å²) in [7, 11) is 0. The smallest absolute Gasteiger partial charge is 0.344 e. The van der Waals surface area contributed by atoms with Crippen LogP contribution in [0.25, 0.3) is 0 Å². The average Bonchev–Trinajstić information content (AvgIpc) is 2.94. The Morgan fingerprint density at radius 3 is 1.28 bits per heavy atom. The fourth-order valence-electron chi connectivity index (χ4n) is 5.80. The molecule has 0 N–H and O–H groups in total. The maximum Gasteiger partial charge on any atom is 0.344 e. The van der Waals surface area contributed by atoms with Crippen LogP contribution in [0.1, 0.15) is 108 Å². The van der Waals surface area contributed by atoms with E-state index >= 15 is 0 Å². The van der Waals surface area contributed by atoms with E-state index in [1.54, 1.807) is 24.3 Å². The predicted octanol–water partition coefficient (Wildman–Crippen LogP) is 8.22.